The molecule has 0 aromatic heterocycles. The molecule has 1 aliphatic heterocycles. The highest BCUT2D eigenvalue weighted by Crippen LogP contribution is 2.27. The Labute approximate surface area is 111 Å². The third-order valence-electron chi connectivity index (χ3n) is 3.02. The summed E-state index contributed by atoms with van der Waals surface area (Å²) in [5.74, 6) is 0.920. The molecule has 1 aliphatic rings. The van der Waals surface area contributed by atoms with Crippen LogP contribution in [0.4, 0.5) is 0 Å². The maximum Gasteiger partial charge on any atom is 0.122 e. The van der Waals surface area contributed by atoms with Crippen molar-refractivity contribution < 1.29 is 4.74 Å². The van der Waals surface area contributed by atoms with E-state index in [1.54, 1.807) is 0 Å². The Hall–Kier alpha value is -2.22. The molecular formula is C13H15N5O. The minimum Gasteiger partial charge on any atom is -0.493 e. The second-order valence-electron chi connectivity index (χ2n) is 4.29. The highest BCUT2D eigenvalue weighted by molar-refractivity contribution is 5.41. The summed E-state index contributed by atoms with van der Waals surface area (Å²) in [4.78, 5) is 2.69. The fourth-order valence-electron chi connectivity index (χ4n) is 2.06. The van der Waals surface area contributed by atoms with E-state index in [2.05, 4.69) is 21.4 Å². The number of azide groups is 1. The predicted molar refractivity (Wildman–Crippen MR) is 70.6 cm³/mol. The molecule has 0 radical (unpaired) electrons. The molecule has 19 heavy (non-hydrogen) atoms. The van der Waals surface area contributed by atoms with Crippen LogP contribution in [0.3, 0.4) is 0 Å². The predicted octanol–water partition coefficient (Wildman–Crippen LogP) is 2.48. The quantitative estimate of drug-likeness (QED) is 0.367. The van der Waals surface area contributed by atoms with Crippen LogP contribution >= 0.6 is 0 Å². The van der Waals surface area contributed by atoms with Crippen molar-refractivity contribution in [3.63, 3.8) is 0 Å². The van der Waals surface area contributed by atoms with E-state index >= 15 is 0 Å². The van der Waals surface area contributed by atoms with Gasteiger partial charge >= 0.3 is 0 Å². The number of hydrogen-bond donors (Lipinski definition) is 1. The monoisotopic (exact) mass is 257 g/mol. The number of rotatable bonds is 6. The van der Waals surface area contributed by atoms with Gasteiger partial charge in [0, 0.05) is 17.9 Å². The average Bonchev–Trinajstić information content (AvgIpc) is 2.90. The van der Waals surface area contributed by atoms with E-state index in [-0.39, 0.29) is 6.04 Å². The van der Waals surface area contributed by atoms with Crippen LogP contribution < -0.4 is 10.1 Å². The SMILES string of the molecule is N#CC(NCCCN=[N+]=[N-])c1ccc2c(c1)CCO2. The summed E-state index contributed by atoms with van der Waals surface area (Å²) in [6.45, 7) is 1.81. The van der Waals surface area contributed by atoms with Crippen LogP contribution in [-0.2, 0) is 6.42 Å². The number of nitriles is 1. The van der Waals surface area contributed by atoms with Gasteiger partial charge in [-0.05, 0) is 41.8 Å². The standard InChI is InChI=1S/C13H15N5O/c14-9-12(16-5-1-6-17-18-15)10-2-3-13-11(8-10)4-7-19-13/h2-3,8,12,16H,1,4-7H2. The topological polar surface area (TPSA) is 93.8 Å². The number of benzene rings is 1. The maximum atomic E-state index is 9.20. The second kappa shape index (κ2) is 6.64. The number of nitrogens with zero attached hydrogens (tertiary/aromatic N) is 4. The van der Waals surface area contributed by atoms with Gasteiger partial charge in [0.05, 0.1) is 12.7 Å². The smallest absolute Gasteiger partial charge is 0.122 e. The lowest BCUT2D eigenvalue weighted by Gasteiger charge is -2.12. The fourth-order valence-corrected chi connectivity index (χ4v) is 2.06. The van der Waals surface area contributed by atoms with Crippen molar-refractivity contribution in [3.8, 4) is 11.8 Å². The summed E-state index contributed by atoms with van der Waals surface area (Å²) in [5.41, 5.74) is 10.3. The number of fused-ring (bicyclic) bond motifs is 1. The zero-order valence-corrected chi connectivity index (χ0v) is 10.5. The van der Waals surface area contributed by atoms with Crippen LogP contribution in [0.2, 0.25) is 0 Å². The van der Waals surface area contributed by atoms with Crippen LogP contribution in [0.5, 0.6) is 5.75 Å². The molecule has 1 heterocycles. The van der Waals surface area contributed by atoms with E-state index < -0.39 is 0 Å². The van der Waals surface area contributed by atoms with Gasteiger partial charge < -0.3 is 4.74 Å². The maximum absolute atomic E-state index is 9.20. The highest BCUT2D eigenvalue weighted by atomic mass is 16.5. The molecule has 0 bridgehead atoms. The van der Waals surface area contributed by atoms with Gasteiger partial charge in [0.15, 0.2) is 0 Å². The van der Waals surface area contributed by atoms with Crippen LogP contribution in [-0.4, -0.2) is 19.7 Å². The molecule has 6 heteroatoms. The molecule has 0 amide bonds. The first kappa shape index (κ1) is 13.2. The van der Waals surface area contributed by atoms with Gasteiger partial charge in [0.25, 0.3) is 0 Å². The van der Waals surface area contributed by atoms with Crippen LogP contribution in [0, 0.1) is 11.3 Å². The van der Waals surface area contributed by atoms with Crippen molar-refractivity contribution in [2.45, 2.75) is 18.9 Å². The summed E-state index contributed by atoms with van der Waals surface area (Å²) >= 11 is 0. The fraction of sp³-hybridized carbons (Fsp3) is 0.462. The normalized spacial score (nSPS) is 13.8. The molecule has 0 aliphatic carbocycles. The van der Waals surface area contributed by atoms with Gasteiger partial charge in [-0.25, -0.2) is 0 Å². The molecule has 0 saturated carbocycles. The molecule has 0 spiro atoms. The minimum absolute atomic E-state index is 0.336. The summed E-state index contributed by atoms with van der Waals surface area (Å²) < 4.78 is 5.44. The Morgan fingerprint density at radius 3 is 3.26 bits per heavy atom. The molecule has 1 N–H and O–H groups in total. The molecule has 6 nitrogen and oxygen atoms in total. The first-order chi connectivity index (χ1) is 9.35. The van der Waals surface area contributed by atoms with Gasteiger partial charge in [0.1, 0.15) is 11.8 Å². The number of nitrogens with one attached hydrogen (secondary N) is 1. The summed E-state index contributed by atoms with van der Waals surface area (Å²) in [5, 5.41) is 15.8. The Balaban J connectivity index is 1.94. The molecule has 1 unspecified atom stereocenters. The van der Waals surface area contributed by atoms with Gasteiger partial charge in [-0.15, -0.1) is 0 Å². The third-order valence-corrected chi connectivity index (χ3v) is 3.02. The summed E-state index contributed by atoms with van der Waals surface area (Å²) in [7, 11) is 0. The molecule has 98 valence electrons. The van der Waals surface area contributed by atoms with E-state index in [1.807, 2.05) is 18.2 Å². The van der Waals surface area contributed by atoms with Crippen molar-refractivity contribution in [3.05, 3.63) is 39.8 Å². The molecule has 0 saturated heterocycles. The highest BCUT2D eigenvalue weighted by Gasteiger charge is 2.16. The van der Waals surface area contributed by atoms with Crippen molar-refractivity contribution in [2.24, 2.45) is 5.11 Å². The van der Waals surface area contributed by atoms with Gasteiger partial charge in [-0.1, -0.05) is 11.2 Å². The largest absolute Gasteiger partial charge is 0.493 e. The van der Waals surface area contributed by atoms with E-state index in [4.69, 9.17) is 10.3 Å². The van der Waals surface area contributed by atoms with E-state index in [9.17, 15) is 5.26 Å². The first-order valence-corrected chi connectivity index (χ1v) is 6.24. The molecule has 2 rings (SSSR count). The van der Waals surface area contributed by atoms with E-state index in [0.717, 1.165) is 36.3 Å². The van der Waals surface area contributed by atoms with Crippen molar-refractivity contribution >= 4 is 0 Å². The Morgan fingerprint density at radius 2 is 2.47 bits per heavy atom. The zero-order chi connectivity index (χ0) is 13.5. The van der Waals surface area contributed by atoms with Crippen molar-refractivity contribution in [1.29, 1.82) is 5.26 Å². The Bertz CT molecular complexity index is 530. The minimum atomic E-state index is -0.336. The number of ether oxygens (including phenoxy) is 1. The second-order valence-corrected chi connectivity index (χ2v) is 4.29. The molecule has 1 atom stereocenters. The van der Waals surface area contributed by atoms with Gasteiger partial charge in [-0.2, -0.15) is 5.26 Å². The van der Waals surface area contributed by atoms with E-state index in [0.29, 0.717) is 13.1 Å². The van der Waals surface area contributed by atoms with Crippen molar-refractivity contribution in [1.82, 2.24) is 5.32 Å². The average molecular weight is 257 g/mol. The lowest BCUT2D eigenvalue weighted by atomic mass is 10.0. The summed E-state index contributed by atoms with van der Waals surface area (Å²) in [6.07, 6.45) is 1.62. The van der Waals surface area contributed by atoms with Crippen LogP contribution in [0.25, 0.3) is 10.4 Å². The lowest BCUT2D eigenvalue weighted by Crippen LogP contribution is -2.21. The van der Waals surface area contributed by atoms with Crippen LogP contribution in [0.15, 0.2) is 23.3 Å². The number of hydrogen-bond acceptors (Lipinski definition) is 4. The molecule has 1 aromatic carbocycles. The Morgan fingerprint density at radius 1 is 1.58 bits per heavy atom. The van der Waals surface area contributed by atoms with Gasteiger partial charge in [0.2, 0.25) is 0 Å². The molecule has 1 aromatic rings. The molecular weight excluding hydrogens is 242 g/mol. The van der Waals surface area contributed by atoms with Crippen molar-refractivity contribution in [2.75, 3.05) is 19.7 Å². The van der Waals surface area contributed by atoms with Gasteiger partial charge in [-0.3, -0.25) is 5.32 Å². The lowest BCUT2D eigenvalue weighted by molar-refractivity contribution is 0.357. The summed E-state index contributed by atoms with van der Waals surface area (Å²) in [6, 6.07) is 7.77. The van der Waals surface area contributed by atoms with E-state index in [1.165, 1.54) is 0 Å². The third kappa shape index (κ3) is 3.38. The zero-order valence-electron chi connectivity index (χ0n) is 10.5. The first-order valence-electron chi connectivity index (χ1n) is 6.24. The van der Waals surface area contributed by atoms with Crippen LogP contribution in [0.1, 0.15) is 23.6 Å². The Kier molecular flexibility index (Phi) is 4.62. The molecule has 0 fully saturated rings.